The zero-order chi connectivity index (χ0) is 22.9. The molecule has 0 aliphatic heterocycles. The van der Waals surface area contributed by atoms with Gasteiger partial charge in [0.05, 0.1) is 23.3 Å². The Morgan fingerprint density at radius 3 is 2.73 bits per heavy atom. The lowest BCUT2D eigenvalue weighted by atomic mass is 9.99. The molecule has 2 aliphatic rings. The van der Waals surface area contributed by atoms with Gasteiger partial charge >= 0.3 is 0 Å². The second kappa shape index (κ2) is 8.13. The minimum atomic E-state index is -0.452. The van der Waals surface area contributed by atoms with Crippen molar-refractivity contribution in [3.8, 4) is 6.07 Å². The molecule has 6 nitrogen and oxygen atoms in total. The first-order chi connectivity index (χ1) is 16.0. The van der Waals surface area contributed by atoms with E-state index in [9.17, 15) is 4.79 Å². The van der Waals surface area contributed by atoms with E-state index in [4.69, 9.17) is 11.0 Å². The van der Waals surface area contributed by atoms with Crippen LogP contribution in [-0.2, 0) is 4.79 Å². The SMILES string of the molecule is C=C(c1ccn2ncc(C3C=CC=C(C(N)=O)C=C3)c2c1)N(C1=CC1)c1ccc(C#N)cc1. The van der Waals surface area contributed by atoms with Gasteiger partial charge in [-0.25, -0.2) is 4.52 Å². The third kappa shape index (κ3) is 3.88. The molecular weight excluding hydrogens is 410 g/mol. The summed E-state index contributed by atoms with van der Waals surface area (Å²) in [5.41, 5.74) is 12.5. The Bertz CT molecular complexity index is 1440. The van der Waals surface area contributed by atoms with Crippen LogP contribution < -0.4 is 10.6 Å². The molecule has 0 spiro atoms. The first kappa shape index (κ1) is 20.3. The number of aromatic nitrogens is 2. The lowest BCUT2D eigenvalue weighted by Gasteiger charge is -2.25. The molecule has 0 radical (unpaired) electrons. The fraction of sp³-hybridized carbons (Fsp3) is 0.0741. The molecule has 0 fully saturated rings. The number of hydrogen-bond acceptors (Lipinski definition) is 4. The Hall–Kier alpha value is -4.63. The number of carbonyl (C=O) groups excluding carboxylic acids is 1. The highest BCUT2D eigenvalue weighted by atomic mass is 16.1. The van der Waals surface area contributed by atoms with Crippen LogP contribution in [0, 0.1) is 11.3 Å². The second-order valence-corrected chi connectivity index (χ2v) is 7.94. The number of allylic oxidation sites excluding steroid dienone is 6. The molecule has 2 N–H and O–H groups in total. The number of pyridine rings is 1. The van der Waals surface area contributed by atoms with Gasteiger partial charge in [0.2, 0.25) is 5.91 Å². The maximum absolute atomic E-state index is 11.5. The molecule has 160 valence electrons. The van der Waals surface area contributed by atoms with E-state index in [2.05, 4.69) is 34.8 Å². The first-order valence-corrected chi connectivity index (χ1v) is 10.6. The lowest BCUT2D eigenvalue weighted by Crippen LogP contribution is -2.15. The van der Waals surface area contributed by atoms with Crippen LogP contribution in [0.15, 0.2) is 103 Å². The normalized spacial score (nSPS) is 16.5. The number of amides is 1. The maximum Gasteiger partial charge on any atom is 0.248 e. The number of benzene rings is 1. The summed E-state index contributed by atoms with van der Waals surface area (Å²) in [5.74, 6) is -0.493. The van der Waals surface area contributed by atoms with Crippen LogP contribution in [0.5, 0.6) is 0 Å². The Morgan fingerprint density at radius 2 is 2.03 bits per heavy atom. The van der Waals surface area contributed by atoms with Crippen molar-refractivity contribution in [2.45, 2.75) is 12.3 Å². The van der Waals surface area contributed by atoms with Gasteiger partial charge in [0.15, 0.2) is 0 Å². The monoisotopic (exact) mass is 431 g/mol. The molecule has 1 unspecified atom stereocenters. The van der Waals surface area contributed by atoms with E-state index < -0.39 is 5.91 Å². The number of nitrogens with zero attached hydrogens (tertiary/aromatic N) is 4. The third-order valence-corrected chi connectivity index (χ3v) is 5.80. The molecular formula is C27H21N5O. The summed E-state index contributed by atoms with van der Waals surface area (Å²) < 4.78 is 1.84. The average molecular weight is 431 g/mol. The molecule has 2 heterocycles. The summed E-state index contributed by atoms with van der Waals surface area (Å²) in [5, 5.41) is 13.6. The number of hydrogen-bond donors (Lipinski definition) is 1. The highest BCUT2D eigenvalue weighted by Gasteiger charge is 2.23. The van der Waals surface area contributed by atoms with E-state index in [0.717, 1.165) is 34.4 Å². The van der Waals surface area contributed by atoms with Gasteiger partial charge in [-0.2, -0.15) is 10.4 Å². The molecule has 2 aromatic heterocycles. The quantitative estimate of drug-likeness (QED) is 0.618. The van der Waals surface area contributed by atoms with Gasteiger partial charge in [-0.3, -0.25) is 4.79 Å². The fourth-order valence-corrected chi connectivity index (χ4v) is 3.95. The van der Waals surface area contributed by atoms with Crippen LogP contribution in [0.2, 0.25) is 0 Å². The minimum Gasteiger partial charge on any atom is -0.366 e. The van der Waals surface area contributed by atoms with E-state index >= 15 is 0 Å². The van der Waals surface area contributed by atoms with Gasteiger partial charge < -0.3 is 10.6 Å². The number of primary amides is 1. The number of carbonyl (C=O) groups is 1. The fourth-order valence-electron chi connectivity index (χ4n) is 3.95. The van der Waals surface area contributed by atoms with E-state index in [1.54, 1.807) is 12.2 Å². The third-order valence-electron chi connectivity index (χ3n) is 5.80. The molecule has 1 amide bonds. The Kier molecular flexibility index (Phi) is 5.00. The van der Waals surface area contributed by atoms with Crippen molar-refractivity contribution in [1.29, 1.82) is 5.26 Å². The summed E-state index contributed by atoms with van der Waals surface area (Å²) in [7, 11) is 0. The molecule has 1 atom stereocenters. The highest BCUT2D eigenvalue weighted by Crippen LogP contribution is 2.37. The van der Waals surface area contributed by atoms with Gasteiger partial charge in [-0.15, -0.1) is 0 Å². The van der Waals surface area contributed by atoms with Crippen LogP contribution in [-0.4, -0.2) is 15.5 Å². The Morgan fingerprint density at radius 1 is 1.24 bits per heavy atom. The van der Waals surface area contributed by atoms with Crippen LogP contribution in [0.4, 0.5) is 5.69 Å². The maximum atomic E-state index is 11.5. The Labute approximate surface area is 191 Å². The van der Waals surface area contributed by atoms with Crippen molar-refractivity contribution in [2.24, 2.45) is 5.73 Å². The smallest absolute Gasteiger partial charge is 0.248 e. The van der Waals surface area contributed by atoms with E-state index in [0.29, 0.717) is 11.1 Å². The second-order valence-electron chi connectivity index (χ2n) is 7.94. The minimum absolute atomic E-state index is 0.0418. The zero-order valence-electron chi connectivity index (χ0n) is 17.8. The van der Waals surface area contributed by atoms with Crippen LogP contribution in [0.3, 0.4) is 0 Å². The number of nitriles is 1. The van der Waals surface area contributed by atoms with Crippen LogP contribution >= 0.6 is 0 Å². The van der Waals surface area contributed by atoms with E-state index in [-0.39, 0.29) is 5.92 Å². The first-order valence-electron chi connectivity index (χ1n) is 10.6. The number of anilines is 1. The molecule has 3 aromatic rings. The van der Waals surface area contributed by atoms with Gasteiger partial charge in [-0.05, 0) is 42.5 Å². The summed E-state index contributed by atoms with van der Waals surface area (Å²) in [4.78, 5) is 13.6. The zero-order valence-corrected chi connectivity index (χ0v) is 17.8. The van der Waals surface area contributed by atoms with Crippen molar-refractivity contribution in [3.63, 3.8) is 0 Å². The molecule has 5 rings (SSSR count). The van der Waals surface area contributed by atoms with Crippen molar-refractivity contribution in [1.82, 2.24) is 9.61 Å². The largest absolute Gasteiger partial charge is 0.366 e. The lowest BCUT2D eigenvalue weighted by molar-refractivity contribution is -0.114. The number of fused-ring (bicyclic) bond motifs is 1. The average Bonchev–Trinajstić information content (AvgIpc) is 3.62. The van der Waals surface area contributed by atoms with E-state index in [1.165, 1.54) is 5.70 Å². The van der Waals surface area contributed by atoms with Crippen LogP contribution in [0.1, 0.15) is 29.0 Å². The molecule has 0 saturated heterocycles. The molecule has 0 bridgehead atoms. The van der Waals surface area contributed by atoms with Crippen molar-refractivity contribution < 1.29 is 4.79 Å². The van der Waals surface area contributed by atoms with E-state index in [1.807, 2.05) is 65.5 Å². The molecule has 2 aliphatic carbocycles. The summed E-state index contributed by atoms with van der Waals surface area (Å²) in [6.45, 7) is 4.39. The predicted molar refractivity (Wildman–Crippen MR) is 129 cm³/mol. The summed E-state index contributed by atoms with van der Waals surface area (Å²) in [6.07, 6.45) is 16.1. The van der Waals surface area contributed by atoms with Gasteiger partial charge in [0.1, 0.15) is 0 Å². The van der Waals surface area contributed by atoms with Crippen molar-refractivity contribution in [2.75, 3.05) is 4.90 Å². The highest BCUT2D eigenvalue weighted by molar-refractivity contribution is 5.95. The van der Waals surface area contributed by atoms with Gasteiger partial charge in [0, 0.05) is 52.3 Å². The molecule has 33 heavy (non-hydrogen) atoms. The standard InChI is InChI=1S/C27H21N5O/c1-18(32(24-11-12-24)23-9-5-19(16-28)6-10-23)22-13-14-31-26(15-22)25(17-30-31)20-3-2-4-21(8-7-20)27(29)33/h2-11,13-15,17,20H,1,12H2,(H2,29,33). The topological polar surface area (TPSA) is 87.4 Å². The van der Waals surface area contributed by atoms with Gasteiger partial charge in [-0.1, -0.05) is 37.0 Å². The summed E-state index contributed by atoms with van der Waals surface area (Å²) in [6, 6.07) is 13.8. The molecule has 6 heteroatoms. The van der Waals surface area contributed by atoms with Crippen molar-refractivity contribution in [3.05, 3.63) is 120 Å². The number of nitrogens with two attached hydrogens (primary N) is 1. The number of rotatable bonds is 6. The predicted octanol–water partition coefficient (Wildman–Crippen LogP) is 4.59. The summed E-state index contributed by atoms with van der Waals surface area (Å²) >= 11 is 0. The van der Waals surface area contributed by atoms with Crippen LogP contribution in [0.25, 0.3) is 11.2 Å². The molecule has 1 aromatic carbocycles. The van der Waals surface area contributed by atoms with Crippen molar-refractivity contribution >= 4 is 22.8 Å². The molecule has 0 saturated carbocycles. The van der Waals surface area contributed by atoms with Gasteiger partial charge in [0.25, 0.3) is 0 Å². The Balaban J connectivity index is 1.50.